The fraction of sp³-hybridized carbons (Fsp3) is 0.267. The fourth-order valence-corrected chi connectivity index (χ4v) is 2.75. The molecule has 0 aliphatic rings. The van der Waals surface area contributed by atoms with E-state index in [1.54, 1.807) is 43.5 Å². The molecule has 10 heteroatoms. The van der Waals surface area contributed by atoms with Gasteiger partial charge in [0.25, 0.3) is 0 Å². The van der Waals surface area contributed by atoms with E-state index in [1.165, 1.54) is 11.5 Å². The predicted molar refractivity (Wildman–Crippen MR) is 93.8 cm³/mol. The quantitative estimate of drug-likeness (QED) is 0.272. The van der Waals surface area contributed by atoms with Gasteiger partial charge >= 0.3 is 18.1 Å². The van der Waals surface area contributed by atoms with Crippen LogP contribution in [0.15, 0.2) is 40.3 Å². The summed E-state index contributed by atoms with van der Waals surface area (Å²) in [4.78, 5) is 23.0. The SMILES string of the molecule is CCOC(=O)/C(=C\c1ccccc1)S/C(=N/NC(=O)C(F)(F)F)SC. The van der Waals surface area contributed by atoms with Crippen molar-refractivity contribution < 1.29 is 27.5 Å². The molecule has 0 fully saturated rings. The van der Waals surface area contributed by atoms with Crippen LogP contribution in [0.5, 0.6) is 0 Å². The van der Waals surface area contributed by atoms with Gasteiger partial charge in [-0.25, -0.2) is 10.2 Å². The predicted octanol–water partition coefficient (Wildman–Crippen LogP) is 3.64. The number of rotatable bonds is 5. The lowest BCUT2D eigenvalue weighted by Crippen LogP contribution is -2.33. The number of halogens is 3. The Morgan fingerprint density at radius 1 is 1.28 bits per heavy atom. The van der Waals surface area contributed by atoms with Crippen molar-refractivity contribution in [1.82, 2.24) is 5.43 Å². The van der Waals surface area contributed by atoms with Crippen molar-refractivity contribution >= 4 is 45.9 Å². The van der Waals surface area contributed by atoms with Gasteiger partial charge in [0.15, 0.2) is 4.38 Å². The Bertz CT molecular complexity index is 662. The van der Waals surface area contributed by atoms with E-state index in [9.17, 15) is 22.8 Å². The third-order valence-corrected chi connectivity index (χ3v) is 4.41. The summed E-state index contributed by atoms with van der Waals surface area (Å²) in [6, 6.07) is 8.84. The molecule has 5 nitrogen and oxygen atoms in total. The fourth-order valence-electron chi connectivity index (χ4n) is 1.40. The lowest BCUT2D eigenvalue weighted by molar-refractivity contribution is -0.173. The zero-order valence-corrected chi connectivity index (χ0v) is 14.9. The Balaban J connectivity index is 3.00. The van der Waals surface area contributed by atoms with Gasteiger partial charge in [-0.3, -0.25) is 4.79 Å². The number of ether oxygens (including phenoxy) is 1. The molecular weight excluding hydrogens is 377 g/mol. The number of hydrazone groups is 1. The van der Waals surface area contributed by atoms with Crippen molar-refractivity contribution in [2.75, 3.05) is 12.9 Å². The van der Waals surface area contributed by atoms with Gasteiger partial charge in [0, 0.05) is 0 Å². The molecule has 0 aromatic heterocycles. The minimum atomic E-state index is -5.04. The van der Waals surface area contributed by atoms with Crippen LogP contribution in [0.25, 0.3) is 6.08 Å². The second kappa shape index (κ2) is 10.1. The van der Waals surface area contributed by atoms with Crippen molar-refractivity contribution in [2.24, 2.45) is 5.10 Å². The molecule has 1 N–H and O–H groups in total. The Hall–Kier alpha value is -1.94. The summed E-state index contributed by atoms with van der Waals surface area (Å²) >= 11 is 1.78. The van der Waals surface area contributed by atoms with E-state index < -0.39 is 18.1 Å². The standard InChI is InChI=1S/C15H15F3N2O3S2/c1-3-23-12(21)11(9-10-7-5-4-6-8-10)25-14(24-2)20-19-13(22)15(16,17)18/h4-9H,3H2,1-2H3,(H,19,22)/b11-9+,20-14+. The molecule has 0 unspecified atom stereocenters. The molecule has 1 rings (SSSR count). The van der Waals surface area contributed by atoms with Crippen LogP contribution in [0.3, 0.4) is 0 Å². The molecule has 0 atom stereocenters. The van der Waals surface area contributed by atoms with E-state index in [1.807, 2.05) is 0 Å². The number of nitrogens with one attached hydrogen (secondary N) is 1. The summed E-state index contributed by atoms with van der Waals surface area (Å²) in [5.74, 6) is -2.83. The van der Waals surface area contributed by atoms with Crippen molar-refractivity contribution in [3.63, 3.8) is 0 Å². The number of carbonyl (C=O) groups is 2. The summed E-state index contributed by atoms with van der Waals surface area (Å²) in [5.41, 5.74) is 2.12. The van der Waals surface area contributed by atoms with Gasteiger partial charge in [-0.1, -0.05) is 42.1 Å². The third kappa shape index (κ3) is 7.65. The smallest absolute Gasteiger partial charge is 0.462 e. The zero-order chi connectivity index (χ0) is 18.9. The first-order valence-electron chi connectivity index (χ1n) is 6.88. The van der Waals surface area contributed by atoms with Gasteiger partial charge in [0.05, 0.1) is 11.5 Å². The number of esters is 1. The maximum atomic E-state index is 12.2. The maximum Gasteiger partial charge on any atom is 0.473 e. The minimum absolute atomic E-state index is 0.0489. The Morgan fingerprint density at radius 2 is 1.92 bits per heavy atom. The van der Waals surface area contributed by atoms with Crippen LogP contribution in [0, 0.1) is 0 Å². The topological polar surface area (TPSA) is 67.8 Å². The number of hydrogen-bond acceptors (Lipinski definition) is 6. The zero-order valence-electron chi connectivity index (χ0n) is 13.3. The van der Waals surface area contributed by atoms with Crippen LogP contribution in [0.1, 0.15) is 12.5 Å². The summed E-state index contributed by atoms with van der Waals surface area (Å²) in [6.07, 6.45) is -1.96. The van der Waals surface area contributed by atoms with E-state index in [0.29, 0.717) is 5.56 Å². The van der Waals surface area contributed by atoms with Gasteiger partial charge < -0.3 is 4.74 Å². The molecule has 0 spiro atoms. The first-order valence-corrected chi connectivity index (χ1v) is 8.92. The van der Waals surface area contributed by atoms with E-state index in [2.05, 4.69) is 5.10 Å². The highest BCUT2D eigenvalue weighted by atomic mass is 32.2. The highest BCUT2D eigenvalue weighted by molar-refractivity contribution is 8.40. The van der Waals surface area contributed by atoms with Gasteiger partial charge in [0.2, 0.25) is 0 Å². The lowest BCUT2D eigenvalue weighted by Gasteiger charge is -2.09. The second-order valence-electron chi connectivity index (χ2n) is 4.26. The number of thioether (sulfide) groups is 2. The van der Waals surface area contributed by atoms with Crippen LogP contribution >= 0.6 is 23.5 Å². The Labute approximate surface area is 151 Å². The molecule has 136 valence electrons. The molecule has 1 amide bonds. The van der Waals surface area contributed by atoms with Crippen LogP contribution in [-0.4, -0.2) is 35.3 Å². The Morgan fingerprint density at radius 3 is 2.44 bits per heavy atom. The highest BCUT2D eigenvalue weighted by Crippen LogP contribution is 2.27. The number of benzene rings is 1. The molecular formula is C15H15F3N2O3S2. The third-order valence-electron chi connectivity index (χ3n) is 2.45. The van der Waals surface area contributed by atoms with Crippen LogP contribution in [-0.2, 0) is 14.3 Å². The average molecular weight is 392 g/mol. The van der Waals surface area contributed by atoms with Crippen molar-refractivity contribution in [1.29, 1.82) is 0 Å². The summed E-state index contributed by atoms with van der Waals surface area (Å²) in [6.45, 7) is 1.78. The van der Waals surface area contributed by atoms with Crippen molar-refractivity contribution in [3.05, 3.63) is 40.8 Å². The monoisotopic (exact) mass is 392 g/mol. The van der Waals surface area contributed by atoms with Crippen LogP contribution < -0.4 is 5.43 Å². The molecule has 0 saturated carbocycles. The van der Waals surface area contributed by atoms with Gasteiger partial charge in [0.1, 0.15) is 0 Å². The molecule has 0 bridgehead atoms. The van der Waals surface area contributed by atoms with E-state index in [-0.39, 0.29) is 15.9 Å². The first-order chi connectivity index (χ1) is 11.8. The average Bonchev–Trinajstić information content (AvgIpc) is 2.57. The van der Waals surface area contributed by atoms with Crippen molar-refractivity contribution in [2.45, 2.75) is 13.1 Å². The van der Waals surface area contributed by atoms with Gasteiger partial charge in [-0.2, -0.15) is 18.3 Å². The number of amides is 1. The molecule has 25 heavy (non-hydrogen) atoms. The highest BCUT2D eigenvalue weighted by Gasteiger charge is 2.38. The molecule has 0 heterocycles. The Kier molecular flexibility index (Phi) is 8.56. The van der Waals surface area contributed by atoms with Crippen LogP contribution in [0.4, 0.5) is 13.2 Å². The molecule has 0 radical (unpaired) electrons. The van der Waals surface area contributed by atoms with Gasteiger partial charge in [-0.05, 0) is 24.8 Å². The number of alkyl halides is 3. The molecule has 1 aromatic carbocycles. The molecule has 0 aliphatic carbocycles. The summed E-state index contributed by atoms with van der Waals surface area (Å²) < 4.78 is 41.6. The summed E-state index contributed by atoms with van der Waals surface area (Å²) in [7, 11) is 0. The van der Waals surface area contributed by atoms with E-state index in [4.69, 9.17) is 4.74 Å². The minimum Gasteiger partial charge on any atom is -0.462 e. The maximum absolute atomic E-state index is 12.2. The second-order valence-corrected chi connectivity index (χ2v) is 6.35. The molecule has 0 aliphatic heterocycles. The first kappa shape index (κ1) is 21.1. The van der Waals surface area contributed by atoms with E-state index in [0.717, 1.165) is 23.5 Å². The number of carbonyl (C=O) groups excluding carboxylic acids is 2. The van der Waals surface area contributed by atoms with Gasteiger partial charge in [-0.15, -0.1) is 11.8 Å². The number of nitrogens with zero attached hydrogens (tertiary/aromatic N) is 1. The summed E-state index contributed by atoms with van der Waals surface area (Å²) in [5, 5.41) is 3.41. The van der Waals surface area contributed by atoms with Crippen molar-refractivity contribution in [3.8, 4) is 0 Å². The number of hydrogen-bond donors (Lipinski definition) is 1. The lowest BCUT2D eigenvalue weighted by atomic mass is 10.2. The molecule has 0 saturated heterocycles. The largest absolute Gasteiger partial charge is 0.473 e. The normalized spacial score (nSPS) is 12.7. The molecule has 1 aromatic rings. The van der Waals surface area contributed by atoms with Crippen LogP contribution in [0.2, 0.25) is 0 Å². The van der Waals surface area contributed by atoms with E-state index >= 15 is 0 Å².